The molecule has 2 aliphatic rings. The summed E-state index contributed by atoms with van der Waals surface area (Å²) in [6, 6.07) is 5.80. The van der Waals surface area contributed by atoms with Crippen LogP contribution in [0.25, 0.3) is 5.69 Å². The SMILES string of the molecule is O=C(CSc1nnc(CN2CCCCC2)n1-c1ccc(F)cc1)N[C@H]1CCS(=O)(=O)C1. The van der Waals surface area contributed by atoms with Gasteiger partial charge in [-0.2, -0.15) is 0 Å². The monoisotopic (exact) mass is 467 g/mol. The predicted molar refractivity (Wildman–Crippen MR) is 116 cm³/mol. The van der Waals surface area contributed by atoms with Gasteiger partial charge in [0.2, 0.25) is 5.91 Å². The molecule has 1 N–H and O–H groups in total. The molecule has 0 unspecified atom stereocenters. The number of carbonyl (C=O) groups is 1. The summed E-state index contributed by atoms with van der Waals surface area (Å²) in [5, 5.41) is 12.0. The molecule has 8 nitrogen and oxygen atoms in total. The molecule has 2 saturated heterocycles. The van der Waals surface area contributed by atoms with Gasteiger partial charge in [0.25, 0.3) is 0 Å². The van der Waals surface area contributed by atoms with Crippen LogP contribution >= 0.6 is 11.8 Å². The van der Waals surface area contributed by atoms with Crippen LogP contribution in [0.3, 0.4) is 0 Å². The molecule has 2 aliphatic heterocycles. The summed E-state index contributed by atoms with van der Waals surface area (Å²) in [4.78, 5) is 14.7. The summed E-state index contributed by atoms with van der Waals surface area (Å²) in [6.07, 6.45) is 4.00. The van der Waals surface area contributed by atoms with E-state index in [4.69, 9.17) is 0 Å². The number of likely N-dealkylation sites (tertiary alicyclic amines) is 1. The van der Waals surface area contributed by atoms with Crippen LogP contribution in [-0.2, 0) is 21.2 Å². The molecule has 2 aromatic rings. The second kappa shape index (κ2) is 9.66. The predicted octanol–water partition coefficient (Wildman–Crippen LogP) is 1.79. The Hall–Kier alpha value is -1.98. The maximum atomic E-state index is 13.5. The highest BCUT2D eigenvalue weighted by atomic mass is 32.2. The van der Waals surface area contributed by atoms with Crippen molar-refractivity contribution in [2.75, 3.05) is 30.3 Å². The Morgan fingerprint density at radius 3 is 2.58 bits per heavy atom. The van der Waals surface area contributed by atoms with Crippen LogP contribution in [0.1, 0.15) is 31.5 Å². The summed E-state index contributed by atoms with van der Waals surface area (Å²) in [5.41, 5.74) is 0.739. The summed E-state index contributed by atoms with van der Waals surface area (Å²) in [5.74, 6) is 0.393. The van der Waals surface area contributed by atoms with Crippen LogP contribution in [0, 0.1) is 5.82 Å². The number of rotatable bonds is 7. The van der Waals surface area contributed by atoms with E-state index in [0.29, 0.717) is 18.1 Å². The molecule has 0 bridgehead atoms. The molecule has 168 valence electrons. The van der Waals surface area contributed by atoms with Crippen molar-refractivity contribution in [1.82, 2.24) is 25.0 Å². The first-order valence-corrected chi connectivity index (χ1v) is 13.3. The number of hydrogen-bond acceptors (Lipinski definition) is 7. The second-order valence-electron chi connectivity index (χ2n) is 8.00. The van der Waals surface area contributed by atoms with Gasteiger partial charge in [0.15, 0.2) is 20.8 Å². The average Bonchev–Trinajstić information content (AvgIpc) is 3.30. The van der Waals surface area contributed by atoms with Gasteiger partial charge in [-0.05, 0) is 56.6 Å². The number of carbonyl (C=O) groups excluding carboxylic acids is 1. The van der Waals surface area contributed by atoms with Crippen molar-refractivity contribution in [1.29, 1.82) is 0 Å². The normalized spacial score (nSPS) is 21.3. The number of piperidine rings is 1. The van der Waals surface area contributed by atoms with Gasteiger partial charge in [0.05, 0.1) is 23.8 Å². The van der Waals surface area contributed by atoms with Crippen LogP contribution in [0.2, 0.25) is 0 Å². The lowest BCUT2D eigenvalue weighted by Crippen LogP contribution is -2.36. The quantitative estimate of drug-likeness (QED) is 0.620. The highest BCUT2D eigenvalue weighted by Crippen LogP contribution is 2.24. The zero-order chi connectivity index (χ0) is 21.8. The molecule has 0 saturated carbocycles. The third kappa shape index (κ3) is 5.83. The third-order valence-corrected chi connectivity index (χ3v) is 8.23. The fourth-order valence-corrected chi connectivity index (χ4v) is 6.43. The van der Waals surface area contributed by atoms with Crippen LogP contribution in [0.4, 0.5) is 4.39 Å². The van der Waals surface area contributed by atoms with Crippen molar-refractivity contribution in [2.45, 2.75) is 43.4 Å². The van der Waals surface area contributed by atoms with Gasteiger partial charge in [-0.15, -0.1) is 10.2 Å². The molecule has 1 amide bonds. The molecular weight excluding hydrogens is 441 g/mol. The van der Waals surface area contributed by atoms with E-state index in [0.717, 1.165) is 37.4 Å². The number of sulfone groups is 1. The van der Waals surface area contributed by atoms with Crippen LogP contribution < -0.4 is 5.32 Å². The van der Waals surface area contributed by atoms with Gasteiger partial charge >= 0.3 is 0 Å². The minimum atomic E-state index is -3.05. The van der Waals surface area contributed by atoms with Crippen LogP contribution in [0.15, 0.2) is 29.4 Å². The zero-order valence-corrected chi connectivity index (χ0v) is 18.8. The second-order valence-corrected chi connectivity index (χ2v) is 11.2. The maximum absolute atomic E-state index is 13.5. The topological polar surface area (TPSA) is 97.2 Å². The average molecular weight is 468 g/mol. The lowest BCUT2D eigenvalue weighted by molar-refractivity contribution is -0.119. The molecular formula is C20H26FN5O3S2. The summed E-state index contributed by atoms with van der Waals surface area (Å²) >= 11 is 1.24. The summed E-state index contributed by atoms with van der Waals surface area (Å²) in [7, 11) is -3.05. The van der Waals surface area contributed by atoms with Gasteiger partial charge in [-0.25, -0.2) is 12.8 Å². The molecule has 0 radical (unpaired) electrons. The third-order valence-electron chi connectivity index (χ3n) is 5.53. The Bertz CT molecular complexity index is 1020. The van der Waals surface area contributed by atoms with E-state index in [1.54, 1.807) is 12.1 Å². The fourth-order valence-electron chi connectivity index (χ4n) is 3.97. The first-order valence-electron chi connectivity index (χ1n) is 10.4. The largest absolute Gasteiger partial charge is 0.352 e. The standard InChI is InChI=1S/C20H26FN5O3S2/c21-15-4-6-17(7-5-15)26-18(12-25-9-2-1-3-10-25)23-24-20(26)30-13-19(27)22-16-8-11-31(28,29)14-16/h4-7,16H,1-3,8-14H2,(H,22,27)/t16-/m0/s1. The van der Waals surface area contributed by atoms with E-state index < -0.39 is 9.84 Å². The van der Waals surface area contributed by atoms with E-state index >= 15 is 0 Å². The molecule has 11 heteroatoms. The Morgan fingerprint density at radius 2 is 1.90 bits per heavy atom. The van der Waals surface area contributed by atoms with Crippen molar-refractivity contribution < 1.29 is 17.6 Å². The van der Waals surface area contributed by atoms with Crippen molar-refractivity contribution in [3.05, 3.63) is 35.9 Å². The molecule has 31 heavy (non-hydrogen) atoms. The van der Waals surface area contributed by atoms with E-state index in [1.165, 1.54) is 30.3 Å². The number of aromatic nitrogens is 3. The molecule has 0 aliphatic carbocycles. The number of amides is 1. The van der Waals surface area contributed by atoms with Crippen molar-refractivity contribution in [2.24, 2.45) is 0 Å². The summed E-state index contributed by atoms with van der Waals surface area (Å²) in [6.45, 7) is 2.65. The first kappa shape index (κ1) is 22.2. The van der Waals surface area contributed by atoms with Crippen LogP contribution in [-0.4, -0.2) is 70.4 Å². The molecule has 3 heterocycles. The molecule has 2 fully saturated rings. The number of halogens is 1. The lowest BCUT2D eigenvalue weighted by atomic mass is 10.1. The molecule has 0 spiro atoms. The number of hydrogen-bond donors (Lipinski definition) is 1. The first-order chi connectivity index (χ1) is 14.9. The Balaban J connectivity index is 1.47. The van der Waals surface area contributed by atoms with Gasteiger partial charge in [0, 0.05) is 11.7 Å². The van der Waals surface area contributed by atoms with E-state index in [9.17, 15) is 17.6 Å². The Kier molecular flexibility index (Phi) is 6.92. The van der Waals surface area contributed by atoms with E-state index in [2.05, 4.69) is 20.4 Å². The van der Waals surface area contributed by atoms with Crippen LogP contribution in [0.5, 0.6) is 0 Å². The number of nitrogens with one attached hydrogen (secondary N) is 1. The van der Waals surface area contributed by atoms with Gasteiger partial charge < -0.3 is 5.32 Å². The number of benzene rings is 1. The Morgan fingerprint density at radius 1 is 1.16 bits per heavy atom. The van der Waals surface area contributed by atoms with Crippen molar-refractivity contribution in [3.63, 3.8) is 0 Å². The highest BCUT2D eigenvalue weighted by molar-refractivity contribution is 7.99. The van der Waals surface area contributed by atoms with Crippen molar-refractivity contribution in [3.8, 4) is 5.69 Å². The maximum Gasteiger partial charge on any atom is 0.230 e. The number of nitrogens with zero attached hydrogens (tertiary/aromatic N) is 4. The minimum Gasteiger partial charge on any atom is -0.352 e. The lowest BCUT2D eigenvalue weighted by Gasteiger charge is -2.26. The molecule has 4 rings (SSSR count). The fraction of sp³-hybridized carbons (Fsp3) is 0.550. The molecule has 1 aromatic heterocycles. The summed E-state index contributed by atoms with van der Waals surface area (Å²) < 4.78 is 38.5. The van der Waals surface area contributed by atoms with Gasteiger partial charge in [0.1, 0.15) is 5.82 Å². The van der Waals surface area contributed by atoms with E-state index in [1.807, 2.05) is 4.57 Å². The Labute approximate surface area is 185 Å². The van der Waals surface area contributed by atoms with Gasteiger partial charge in [-0.1, -0.05) is 18.2 Å². The van der Waals surface area contributed by atoms with Crippen molar-refractivity contribution >= 4 is 27.5 Å². The van der Waals surface area contributed by atoms with E-state index in [-0.39, 0.29) is 35.0 Å². The molecule has 1 atom stereocenters. The van der Waals surface area contributed by atoms with Gasteiger partial charge in [-0.3, -0.25) is 14.3 Å². The molecule has 1 aromatic carbocycles. The number of thioether (sulfide) groups is 1. The zero-order valence-electron chi connectivity index (χ0n) is 17.2. The highest BCUT2D eigenvalue weighted by Gasteiger charge is 2.29. The minimum absolute atomic E-state index is 0.00481. The smallest absolute Gasteiger partial charge is 0.230 e.